The van der Waals surface area contributed by atoms with Gasteiger partial charge >= 0.3 is 5.97 Å². The number of carbonyl (C=O) groups is 4. The first kappa shape index (κ1) is 18.8. The van der Waals surface area contributed by atoms with Crippen LogP contribution in [0.1, 0.15) is 36.5 Å². The van der Waals surface area contributed by atoms with E-state index in [4.69, 9.17) is 4.74 Å². The maximum atomic E-state index is 12.4. The molecule has 1 aliphatic heterocycles. The minimum atomic E-state index is -0.454. The van der Waals surface area contributed by atoms with Crippen molar-refractivity contribution in [2.24, 2.45) is 11.8 Å². The van der Waals surface area contributed by atoms with Crippen LogP contribution >= 0.6 is 0 Å². The van der Waals surface area contributed by atoms with Crippen molar-refractivity contribution in [1.82, 2.24) is 4.90 Å². The number of anilines is 1. The standard InChI is InChI=1S/C20H22N2O5/c1-2-11-27-20(26)13-7-9-14(10-8-13)21-17(23)12-22-18(24)15-5-3-4-6-16(15)19(22)25/h3-4,7-10,15-16H,2,5-6,11-12H2,1H3,(H,21,23)/t15-,16+. The lowest BCUT2D eigenvalue weighted by molar-refractivity contribution is -0.142. The molecule has 0 bridgehead atoms. The van der Waals surface area contributed by atoms with Gasteiger partial charge in [-0.15, -0.1) is 0 Å². The summed E-state index contributed by atoms with van der Waals surface area (Å²) in [5.41, 5.74) is 0.869. The second kappa shape index (κ2) is 8.16. The van der Waals surface area contributed by atoms with E-state index >= 15 is 0 Å². The molecule has 0 saturated carbocycles. The first-order valence-electron chi connectivity index (χ1n) is 9.08. The van der Waals surface area contributed by atoms with Crippen LogP contribution in [-0.4, -0.2) is 41.7 Å². The Labute approximate surface area is 157 Å². The summed E-state index contributed by atoms with van der Waals surface area (Å²) in [5, 5.41) is 2.65. The van der Waals surface area contributed by atoms with Crippen molar-refractivity contribution in [3.05, 3.63) is 42.0 Å². The Balaban J connectivity index is 1.57. The lowest BCUT2D eigenvalue weighted by Gasteiger charge is -2.14. The normalized spacial score (nSPS) is 21.1. The predicted molar refractivity (Wildman–Crippen MR) is 97.7 cm³/mol. The van der Waals surface area contributed by atoms with Crippen molar-refractivity contribution in [2.75, 3.05) is 18.5 Å². The number of imide groups is 1. The van der Waals surface area contributed by atoms with Crippen LogP contribution < -0.4 is 5.32 Å². The number of nitrogens with one attached hydrogen (secondary N) is 1. The van der Waals surface area contributed by atoms with Crippen molar-refractivity contribution in [1.29, 1.82) is 0 Å². The Hall–Kier alpha value is -2.96. The van der Waals surface area contributed by atoms with Crippen molar-refractivity contribution in [3.63, 3.8) is 0 Å². The number of esters is 1. The number of benzene rings is 1. The average molecular weight is 370 g/mol. The number of ether oxygens (including phenoxy) is 1. The molecule has 27 heavy (non-hydrogen) atoms. The molecule has 2 atom stereocenters. The molecule has 1 heterocycles. The third-order valence-electron chi connectivity index (χ3n) is 4.74. The zero-order chi connectivity index (χ0) is 19.4. The molecule has 3 rings (SSSR count). The third kappa shape index (κ3) is 4.07. The van der Waals surface area contributed by atoms with Gasteiger partial charge in [-0.05, 0) is 43.5 Å². The molecule has 7 heteroatoms. The van der Waals surface area contributed by atoms with Gasteiger partial charge in [0.1, 0.15) is 6.54 Å². The second-order valence-corrected chi connectivity index (χ2v) is 6.68. The fourth-order valence-electron chi connectivity index (χ4n) is 3.34. The molecule has 1 saturated heterocycles. The molecule has 3 amide bonds. The van der Waals surface area contributed by atoms with E-state index in [0.29, 0.717) is 30.7 Å². The molecular weight excluding hydrogens is 348 g/mol. The largest absolute Gasteiger partial charge is 0.462 e. The molecule has 1 aliphatic carbocycles. The Kier molecular flexibility index (Phi) is 5.69. The maximum absolute atomic E-state index is 12.4. The summed E-state index contributed by atoms with van der Waals surface area (Å²) in [6, 6.07) is 6.27. The zero-order valence-corrected chi connectivity index (χ0v) is 15.1. The molecule has 1 aromatic rings. The van der Waals surface area contributed by atoms with Crippen LogP contribution in [0, 0.1) is 11.8 Å². The van der Waals surface area contributed by atoms with Crippen LogP contribution in [0.4, 0.5) is 5.69 Å². The molecule has 142 valence electrons. The summed E-state index contributed by atoms with van der Waals surface area (Å²) >= 11 is 0. The SMILES string of the molecule is CCCOC(=O)c1ccc(NC(=O)CN2C(=O)[C@H]3CC=CC[C@H]3C2=O)cc1. The van der Waals surface area contributed by atoms with E-state index in [1.165, 1.54) is 0 Å². The smallest absolute Gasteiger partial charge is 0.338 e. The quantitative estimate of drug-likeness (QED) is 0.470. The minimum Gasteiger partial charge on any atom is -0.462 e. The number of fused-ring (bicyclic) bond motifs is 1. The van der Waals surface area contributed by atoms with Gasteiger partial charge in [0.15, 0.2) is 0 Å². The Morgan fingerprint density at radius 3 is 2.22 bits per heavy atom. The maximum Gasteiger partial charge on any atom is 0.338 e. The molecule has 1 fully saturated rings. The number of hydrogen-bond acceptors (Lipinski definition) is 5. The van der Waals surface area contributed by atoms with Crippen molar-refractivity contribution in [3.8, 4) is 0 Å². The van der Waals surface area contributed by atoms with Gasteiger partial charge in [0.25, 0.3) is 0 Å². The van der Waals surface area contributed by atoms with Gasteiger partial charge in [-0.1, -0.05) is 19.1 Å². The average Bonchev–Trinajstić information content (AvgIpc) is 2.92. The Morgan fingerprint density at radius 2 is 1.67 bits per heavy atom. The molecule has 7 nitrogen and oxygen atoms in total. The molecule has 1 N–H and O–H groups in total. The van der Waals surface area contributed by atoms with Crippen molar-refractivity contribution < 1.29 is 23.9 Å². The molecular formula is C20H22N2O5. The topological polar surface area (TPSA) is 92.8 Å². The fraction of sp³-hybridized carbons (Fsp3) is 0.400. The van der Waals surface area contributed by atoms with Crippen LogP contribution in [0.25, 0.3) is 0 Å². The summed E-state index contributed by atoms with van der Waals surface area (Å²) < 4.78 is 5.04. The third-order valence-corrected chi connectivity index (χ3v) is 4.74. The van der Waals surface area contributed by atoms with Crippen LogP contribution in [-0.2, 0) is 19.1 Å². The number of nitrogens with zero attached hydrogens (tertiary/aromatic N) is 1. The summed E-state index contributed by atoms with van der Waals surface area (Å²) in [5.74, 6) is -2.12. The van der Waals surface area contributed by atoms with E-state index < -0.39 is 11.9 Å². The van der Waals surface area contributed by atoms with E-state index in [1.54, 1.807) is 24.3 Å². The van der Waals surface area contributed by atoms with Gasteiger partial charge in [0.05, 0.1) is 24.0 Å². The number of likely N-dealkylation sites (tertiary alicyclic amines) is 1. The fourth-order valence-corrected chi connectivity index (χ4v) is 3.34. The molecule has 0 unspecified atom stereocenters. The van der Waals surface area contributed by atoms with Crippen LogP contribution in [0.3, 0.4) is 0 Å². The van der Waals surface area contributed by atoms with Crippen LogP contribution in [0.5, 0.6) is 0 Å². The molecule has 0 radical (unpaired) electrons. The van der Waals surface area contributed by atoms with Crippen LogP contribution in [0.2, 0.25) is 0 Å². The van der Waals surface area contributed by atoms with Crippen molar-refractivity contribution in [2.45, 2.75) is 26.2 Å². The highest BCUT2D eigenvalue weighted by Gasteiger charge is 2.47. The predicted octanol–water partition coefficient (Wildman–Crippen LogP) is 2.14. The minimum absolute atomic E-state index is 0.279. The summed E-state index contributed by atoms with van der Waals surface area (Å²) in [6.07, 6.45) is 5.64. The monoisotopic (exact) mass is 370 g/mol. The highest BCUT2D eigenvalue weighted by atomic mass is 16.5. The van der Waals surface area contributed by atoms with Crippen molar-refractivity contribution >= 4 is 29.4 Å². The lowest BCUT2D eigenvalue weighted by atomic mass is 9.85. The van der Waals surface area contributed by atoms with E-state index in [2.05, 4.69) is 5.32 Å². The highest BCUT2D eigenvalue weighted by molar-refractivity contribution is 6.08. The van der Waals surface area contributed by atoms with Gasteiger partial charge in [0, 0.05) is 5.69 Å². The Bertz CT molecular complexity index is 758. The zero-order valence-electron chi connectivity index (χ0n) is 15.1. The van der Waals surface area contributed by atoms with E-state index in [0.717, 1.165) is 11.3 Å². The Morgan fingerprint density at radius 1 is 1.07 bits per heavy atom. The number of allylic oxidation sites excluding steroid dienone is 2. The van der Waals surface area contributed by atoms with Gasteiger partial charge < -0.3 is 10.1 Å². The van der Waals surface area contributed by atoms with Gasteiger partial charge in [-0.25, -0.2) is 4.79 Å². The lowest BCUT2D eigenvalue weighted by Crippen LogP contribution is -2.38. The van der Waals surface area contributed by atoms with E-state index in [1.807, 2.05) is 19.1 Å². The number of amides is 3. The van der Waals surface area contributed by atoms with Gasteiger partial charge in [-0.3, -0.25) is 19.3 Å². The highest BCUT2D eigenvalue weighted by Crippen LogP contribution is 2.34. The van der Waals surface area contributed by atoms with Gasteiger partial charge in [0.2, 0.25) is 17.7 Å². The van der Waals surface area contributed by atoms with Crippen LogP contribution in [0.15, 0.2) is 36.4 Å². The summed E-state index contributed by atoms with van der Waals surface area (Å²) in [6.45, 7) is 1.96. The molecule has 0 aromatic heterocycles. The molecule has 1 aromatic carbocycles. The van der Waals surface area contributed by atoms with E-state index in [-0.39, 0.29) is 30.2 Å². The molecule has 0 spiro atoms. The van der Waals surface area contributed by atoms with Gasteiger partial charge in [-0.2, -0.15) is 0 Å². The number of carbonyl (C=O) groups excluding carboxylic acids is 4. The summed E-state index contributed by atoms with van der Waals surface area (Å²) in [4.78, 5) is 49.8. The molecule has 2 aliphatic rings. The first-order chi connectivity index (χ1) is 13.0. The summed E-state index contributed by atoms with van der Waals surface area (Å²) in [7, 11) is 0. The number of hydrogen-bond donors (Lipinski definition) is 1. The van der Waals surface area contributed by atoms with E-state index in [9.17, 15) is 19.2 Å². The number of rotatable bonds is 6. The second-order valence-electron chi connectivity index (χ2n) is 6.68. The first-order valence-corrected chi connectivity index (χ1v) is 9.08.